The molecule has 0 aromatic heterocycles. The molecule has 0 radical (unpaired) electrons. The van der Waals surface area contributed by atoms with Crippen LogP contribution in [-0.4, -0.2) is 5.78 Å². The van der Waals surface area contributed by atoms with E-state index < -0.39 is 0 Å². The zero-order chi connectivity index (χ0) is 10.1. The molecule has 0 amide bonds. The molecule has 1 aliphatic carbocycles. The third-order valence-electron chi connectivity index (χ3n) is 2.46. The van der Waals surface area contributed by atoms with Gasteiger partial charge in [0.2, 0.25) is 0 Å². The predicted molar refractivity (Wildman–Crippen MR) is 61.1 cm³/mol. The van der Waals surface area contributed by atoms with Crippen LogP contribution in [0, 0.1) is 14.9 Å². The first-order valence-corrected chi connectivity index (χ1v) is 5.56. The van der Waals surface area contributed by atoms with Crippen molar-refractivity contribution in [2.75, 3.05) is 0 Å². The first-order chi connectivity index (χ1) is 6.72. The maximum Gasteiger partial charge on any atom is 0.163 e. The van der Waals surface area contributed by atoms with Gasteiger partial charge in [-0.25, -0.2) is 0 Å². The summed E-state index contributed by atoms with van der Waals surface area (Å²) in [6.45, 7) is 0. The summed E-state index contributed by atoms with van der Waals surface area (Å²) in [5, 5.41) is 8.85. The highest BCUT2D eigenvalue weighted by Crippen LogP contribution is 2.25. The fraction of sp³-hybridized carbons (Fsp3) is 0.273. The van der Waals surface area contributed by atoms with E-state index in [2.05, 4.69) is 28.7 Å². The predicted octanol–water partition coefficient (Wildman–Crippen LogP) is 2.68. The molecule has 3 heteroatoms. The zero-order valence-electron chi connectivity index (χ0n) is 7.51. The second-order valence-corrected chi connectivity index (χ2v) is 4.54. The van der Waals surface area contributed by atoms with Crippen LogP contribution in [0.4, 0.5) is 0 Å². The number of nitriles is 1. The summed E-state index contributed by atoms with van der Waals surface area (Å²) in [5.41, 5.74) is 2.54. The summed E-state index contributed by atoms with van der Waals surface area (Å²) < 4.78 is 0.874. The molecule has 0 fully saturated rings. The largest absolute Gasteiger partial charge is 0.294 e. The van der Waals surface area contributed by atoms with Crippen molar-refractivity contribution in [2.45, 2.75) is 19.3 Å². The van der Waals surface area contributed by atoms with Gasteiger partial charge in [-0.05, 0) is 53.1 Å². The van der Waals surface area contributed by atoms with Gasteiger partial charge in [0.15, 0.2) is 5.78 Å². The molecule has 2 nitrogen and oxygen atoms in total. The van der Waals surface area contributed by atoms with E-state index in [1.54, 1.807) is 0 Å². The lowest BCUT2D eigenvalue weighted by Gasteiger charge is -2.15. The molecule has 0 spiro atoms. The fourth-order valence-electron chi connectivity index (χ4n) is 1.74. The van der Waals surface area contributed by atoms with Crippen molar-refractivity contribution in [2.24, 2.45) is 0 Å². The van der Waals surface area contributed by atoms with Crippen molar-refractivity contribution in [1.82, 2.24) is 0 Å². The number of halogens is 1. The number of ketones is 1. The minimum absolute atomic E-state index is 0.216. The van der Waals surface area contributed by atoms with E-state index in [1.807, 2.05) is 12.1 Å². The zero-order valence-corrected chi connectivity index (χ0v) is 9.67. The minimum Gasteiger partial charge on any atom is -0.294 e. The van der Waals surface area contributed by atoms with Gasteiger partial charge in [0.1, 0.15) is 6.07 Å². The lowest BCUT2D eigenvalue weighted by atomic mass is 9.89. The Morgan fingerprint density at radius 1 is 1.36 bits per heavy atom. The monoisotopic (exact) mass is 297 g/mol. The highest BCUT2D eigenvalue weighted by Gasteiger charge is 2.18. The molecule has 1 aromatic carbocycles. The fourth-order valence-corrected chi connectivity index (χ4v) is 2.33. The van der Waals surface area contributed by atoms with Crippen molar-refractivity contribution in [1.29, 1.82) is 5.26 Å². The van der Waals surface area contributed by atoms with Crippen molar-refractivity contribution < 1.29 is 4.79 Å². The third-order valence-corrected chi connectivity index (χ3v) is 3.36. The van der Waals surface area contributed by atoms with Crippen LogP contribution >= 0.6 is 22.6 Å². The summed E-state index contributed by atoms with van der Waals surface area (Å²) in [6, 6.07) is 5.84. The van der Waals surface area contributed by atoms with Gasteiger partial charge in [0.05, 0.1) is 5.56 Å². The second kappa shape index (κ2) is 3.70. The minimum atomic E-state index is 0.216. The third kappa shape index (κ3) is 1.55. The molecule has 0 saturated carbocycles. The van der Waals surface area contributed by atoms with Crippen LogP contribution in [-0.2, 0) is 6.42 Å². The molecule has 0 N–H and O–H groups in total. The standard InChI is InChI=1S/C11H8INO/c12-10-5-9-7(4-8(10)6-13)2-1-3-11(9)14/h4-5H,1-3H2. The number of hydrogen-bond acceptors (Lipinski definition) is 2. The van der Waals surface area contributed by atoms with Crippen molar-refractivity contribution in [3.8, 4) is 6.07 Å². The van der Waals surface area contributed by atoms with Crippen LogP contribution in [0.2, 0.25) is 0 Å². The Bertz CT molecular complexity index is 445. The Kier molecular flexibility index (Phi) is 2.55. The lowest BCUT2D eigenvalue weighted by Crippen LogP contribution is -2.11. The maximum atomic E-state index is 11.6. The van der Waals surface area contributed by atoms with Gasteiger partial charge < -0.3 is 0 Å². The second-order valence-electron chi connectivity index (χ2n) is 3.38. The van der Waals surface area contributed by atoms with Gasteiger partial charge in [0, 0.05) is 15.6 Å². The molecule has 2 rings (SSSR count). The Labute approximate surface area is 96.1 Å². The summed E-state index contributed by atoms with van der Waals surface area (Å²) in [4.78, 5) is 11.6. The van der Waals surface area contributed by atoms with Crippen LogP contribution in [0.5, 0.6) is 0 Å². The first kappa shape index (κ1) is 9.66. The molecule has 0 heterocycles. The van der Waals surface area contributed by atoms with Crippen molar-refractivity contribution in [3.63, 3.8) is 0 Å². The summed E-state index contributed by atoms with van der Waals surface area (Å²) >= 11 is 2.10. The SMILES string of the molecule is N#Cc1cc2c(cc1I)C(=O)CCC2. The average molecular weight is 297 g/mol. The number of rotatable bonds is 0. The van der Waals surface area contributed by atoms with Crippen LogP contribution in [0.15, 0.2) is 12.1 Å². The van der Waals surface area contributed by atoms with Gasteiger partial charge in [-0.2, -0.15) is 5.26 Å². The highest BCUT2D eigenvalue weighted by atomic mass is 127. The highest BCUT2D eigenvalue weighted by molar-refractivity contribution is 14.1. The smallest absolute Gasteiger partial charge is 0.163 e. The summed E-state index contributed by atoms with van der Waals surface area (Å²) in [6.07, 6.45) is 2.49. The van der Waals surface area contributed by atoms with Crippen molar-refractivity contribution in [3.05, 3.63) is 32.4 Å². The number of Topliss-reactive ketones (excluding diaryl/α,β-unsaturated/α-hetero) is 1. The number of carbonyl (C=O) groups excluding carboxylic acids is 1. The molecule has 0 bridgehead atoms. The molecular weight excluding hydrogens is 289 g/mol. The summed E-state index contributed by atoms with van der Waals surface area (Å²) in [7, 11) is 0. The van der Waals surface area contributed by atoms with E-state index in [-0.39, 0.29) is 5.78 Å². The molecule has 1 aromatic rings. The molecule has 0 saturated heterocycles. The van der Waals surface area contributed by atoms with Gasteiger partial charge >= 0.3 is 0 Å². The van der Waals surface area contributed by atoms with E-state index in [0.717, 1.165) is 27.5 Å². The Morgan fingerprint density at radius 3 is 2.86 bits per heavy atom. The number of hydrogen-bond donors (Lipinski definition) is 0. The Balaban J connectivity index is 2.61. The normalized spacial score (nSPS) is 14.7. The van der Waals surface area contributed by atoms with E-state index in [9.17, 15) is 4.79 Å². The summed E-state index contributed by atoms with van der Waals surface area (Å²) in [5.74, 6) is 0.216. The first-order valence-electron chi connectivity index (χ1n) is 4.48. The number of aryl methyl sites for hydroxylation is 1. The topological polar surface area (TPSA) is 40.9 Å². The Hall–Kier alpha value is -0.890. The molecule has 0 aliphatic heterocycles. The molecule has 70 valence electrons. The maximum absolute atomic E-state index is 11.6. The van der Waals surface area contributed by atoms with Gasteiger partial charge in [-0.1, -0.05) is 0 Å². The number of nitrogens with zero attached hydrogens (tertiary/aromatic N) is 1. The molecule has 14 heavy (non-hydrogen) atoms. The molecule has 0 unspecified atom stereocenters. The van der Waals surface area contributed by atoms with Crippen LogP contribution < -0.4 is 0 Å². The molecule has 0 atom stereocenters. The van der Waals surface area contributed by atoms with Crippen LogP contribution in [0.1, 0.15) is 34.3 Å². The average Bonchev–Trinajstić information content (AvgIpc) is 2.19. The van der Waals surface area contributed by atoms with E-state index in [4.69, 9.17) is 5.26 Å². The van der Waals surface area contributed by atoms with Gasteiger partial charge in [-0.15, -0.1) is 0 Å². The van der Waals surface area contributed by atoms with Gasteiger partial charge in [0.25, 0.3) is 0 Å². The van der Waals surface area contributed by atoms with Crippen LogP contribution in [0.3, 0.4) is 0 Å². The number of fused-ring (bicyclic) bond motifs is 1. The number of benzene rings is 1. The lowest BCUT2D eigenvalue weighted by molar-refractivity contribution is 0.0972. The Morgan fingerprint density at radius 2 is 2.14 bits per heavy atom. The van der Waals surface area contributed by atoms with Crippen molar-refractivity contribution >= 4 is 28.4 Å². The number of carbonyl (C=O) groups is 1. The van der Waals surface area contributed by atoms with Gasteiger partial charge in [-0.3, -0.25) is 4.79 Å². The van der Waals surface area contributed by atoms with Crippen LogP contribution in [0.25, 0.3) is 0 Å². The quantitative estimate of drug-likeness (QED) is 0.691. The van der Waals surface area contributed by atoms with E-state index >= 15 is 0 Å². The van der Waals surface area contributed by atoms with E-state index in [0.29, 0.717) is 12.0 Å². The molecular formula is C11H8INO. The molecule has 1 aliphatic rings. The van der Waals surface area contributed by atoms with E-state index in [1.165, 1.54) is 0 Å².